The minimum absolute atomic E-state index is 0.0231. The van der Waals surface area contributed by atoms with E-state index in [2.05, 4.69) is 20.6 Å². The maximum Gasteiger partial charge on any atom is 0.420 e. The number of nitrogens with zero attached hydrogens (tertiary/aromatic N) is 3. The molecule has 5 rings (SSSR count). The van der Waals surface area contributed by atoms with Gasteiger partial charge in [0.2, 0.25) is 5.95 Å². The van der Waals surface area contributed by atoms with Gasteiger partial charge in [0.05, 0.1) is 38.5 Å². The van der Waals surface area contributed by atoms with Crippen LogP contribution in [0.2, 0.25) is 5.02 Å². The highest BCUT2D eigenvalue weighted by atomic mass is 35.5. The lowest BCUT2D eigenvalue weighted by molar-refractivity contribution is -0.147. The molecule has 214 valence electrons. The van der Waals surface area contributed by atoms with Crippen LogP contribution in [0.5, 0.6) is 0 Å². The minimum Gasteiger partial charge on any atom is -0.350 e. The Morgan fingerprint density at radius 1 is 1.12 bits per heavy atom. The summed E-state index contributed by atoms with van der Waals surface area (Å²) < 4.78 is 105. The number of aromatic nitrogens is 2. The van der Waals surface area contributed by atoms with E-state index in [1.165, 1.54) is 11.0 Å². The van der Waals surface area contributed by atoms with Crippen molar-refractivity contribution < 1.29 is 39.6 Å². The SMILES string of the molecule is O=C1NCCS(=O)(=O)c2cc(-c3nc(Nc4cc5c(cc4Cl)CN(CC(F)(F)F)CC5)ncc3C(F)(F)F)sc21. The van der Waals surface area contributed by atoms with Crippen molar-refractivity contribution in [1.29, 1.82) is 0 Å². The Morgan fingerprint density at radius 2 is 1.88 bits per heavy atom. The first kappa shape index (κ1) is 28.6. The van der Waals surface area contributed by atoms with Crippen LogP contribution in [0.25, 0.3) is 10.6 Å². The third-order valence-electron chi connectivity index (χ3n) is 6.25. The van der Waals surface area contributed by atoms with E-state index >= 15 is 0 Å². The number of anilines is 2. The first-order chi connectivity index (χ1) is 18.6. The Labute approximate surface area is 232 Å². The third kappa shape index (κ3) is 5.89. The summed E-state index contributed by atoms with van der Waals surface area (Å²) in [4.78, 5) is 20.5. The van der Waals surface area contributed by atoms with Gasteiger partial charge in [-0.1, -0.05) is 11.6 Å². The van der Waals surface area contributed by atoms with E-state index in [-0.39, 0.29) is 57.4 Å². The lowest BCUT2D eigenvalue weighted by Gasteiger charge is -2.30. The van der Waals surface area contributed by atoms with Crippen molar-refractivity contribution in [3.63, 3.8) is 0 Å². The zero-order chi connectivity index (χ0) is 29.0. The van der Waals surface area contributed by atoms with Crippen LogP contribution < -0.4 is 10.6 Å². The van der Waals surface area contributed by atoms with Gasteiger partial charge >= 0.3 is 12.4 Å². The molecule has 0 bridgehead atoms. The van der Waals surface area contributed by atoms with Gasteiger partial charge in [-0.15, -0.1) is 11.3 Å². The van der Waals surface area contributed by atoms with Crippen molar-refractivity contribution in [3.8, 4) is 10.6 Å². The number of carbonyl (C=O) groups excluding carboxylic acids is 1. The molecule has 0 fully saturated rings. The van der Waals surface area contributed by atoms with Crippen molar-refractivity contribution in [2.24, 2.45) is 0 Å². The lowest BCUT2D eigenvalue weighted by atomic mass is 9.99. The second kappa shape index (κ2) is 10.2. The van der Waals surface area contributed by atoms with Crippen LogP contribution in [0.15, 0.2) is 29.3 Å². The van der Waals surface area contributed by atoms with E-state index in [1.807, 2.05) is 0 Å². The fraction of sp³-hybridized carbons (Fsp3) is 0.348. The summed E-state index contributed by atoms with van der Waals surface area (Å²) in [6.45, 7) is -1.03. The Hall–Kier alpha value is -2.95. The van der Waals surface area contributed by atoms with Gasteiger partial charge in [-0.2, -0.15) is 26.3 Å². The molecule has 0 saturated heterocycles. The van der Waals surface area contributed by atoms with Gasteiger partial charge in [0.1, 0.15) is 10.4 Å². The molecule has 0 spiro atoms. The summed E-state index contributed by atoms with van der Waals surface area (Å²) in [5.41, 5.74) is -0.369. The van der Waals surface area contributed by atoms with Gasteiger partial charge in [0, 0.05) is 25.8 Å². The molecular formula is C23H18ClF6N5O3S2. The molecule has 0 unspecified atom stereocenters. The number of hydrogen-bond donors (Lipinski definition) is 2. The fourth-order valence-electron chi connectivity index (χ4n) is 4.45. The number of halogens is 7. The number of carbonyl (C=O) groups is 1. The van der Waals surface area contributed by atoms with Gasteiger partial charge in [0.25, 0.3) is 5.91 Å². The number of nitrogens with one attached hydrogen (secondary N) is 2. The molecule has 3 aromatic rings. The summed E-state index contributed by atoms with van der Waals surface area (Å²) >= 11 is 6.90. The van der Waals surface area contributed by atoms with E-state index in [1.54, 1.807) is 6.07 Å². The van der Waals surface area contributed by atoms with Crippen molar-refractivity contribution in [2.75, 3.05) is 30.7 Å². The van der Waals surface area contributed by atoms with E-state index in [0.717, 1.165) is 6.07 Å². The Balaban J connectivity index is 1.50. The van der Waals surface area contributed by atoms with Gasteiger partial charge in [0.15, 0.2) is 9.84 Å². The molecule has 0 aliphatic carbocycles. The van der Waals surface area contributed by atoms with E-state index in [4.69, 9.17) is 11.6 Å². The van der Waals surface area contributed by atoms with Crippen molar-refractivity contribution in [3.05, 3.63) is 51.0 Å². The largest absolute Gasteiger partial charge is 0.420 e. The maximum absolute atomic E-state index is 13.9. The van der Waals surface area contributed by atoms with E-state index < -0.39 is 51.7 Å². The monoisotopic (exact) mass is 625 g/mol. The van der Waals surface area contributed by atoms with Crippen LogP contribution in [-0.4, -0.2) is 60.8 Å². The molecular weight excluding hydrogens is 608 g/mol. The molecule has 8 nitrogen and oxygen atoms in total. The second-order valence-corrected chi connectivity index (χ2v) is 12.7. The Bertz CT molecular complexity index is 1610. The number of rotatable bonds is 4. The molecule has 2 N–H and O–H groups in total. The molecule has 0 atom stereocenters. The van der Waals surface area contributed by atoms with Crippen LogP contribution in [-0.2, 0) is 29.0 Å². The van der Waals surface area contributed by atoms with Crippen LogP contribution in [0, 0.1) is 0 Å². The number of fused-ring (bicyclic) bond motifs is 2. The quantitative estimate of drug-likeness (QED) is 0.391. The molecule has 17 heteroatoms. The van der Waals surface area contributed by atoms with Crippen molar-refractivity contribution >= 4 is 50.3 Å². The van der Waals surface area contributed by atoms with E-state index in [9.17, 15) is 39.6 Å². The summed E-state index contributed by atoms with van der Waals surface area (Å²) in [6.07, 6.45) is -8.43. The lowest BCUT2D eigenvalue weighted by Crippen LogP contribution is -2.38. The standard InChI is InChI=1S/C23H18ClF6N5O3S2/c24-14-5-12-9-35(10-22(25,26)27)3-1-11(12)6-15(14)33-21-32-8-13(23(28,29)30)18(34-21)16-7-17-19(39-16)20(36)31-2-4-40(17,37)38/h5-8H,1-4,9-10H2,(H,31,36)(H,32,33,34). The first-order valence-corrected chi connectivity index (χ1v) is 14.4. The summed E-state index contributed by atoms with van der Waals surface area (Å²) in [5, 5.41) is 5.24. The normalized spacial score (nSPS) is 17.5. The van der Waals surface area contributed by atoms with Crippen LogP contribution in [0.1, 0.15) is 26.4 Å². The zero-order valence-corrected chi connectivity index (χ0v) is 22.5. The Morgan fingerprint density at radius 3 is 2.58 bits per heavy atom. The molecule has 1 amide bonds. The summed E-state index contributed by atoms with van der Waals surface area (Å²) in [7, 11) is -3.93. The highest BCUT2D eigenvalue weighted by Gasteiger charge is 2.38. The van der Waals surface area contributed by atoms with Gasteiger partial charge < -0.3 is 10.6 Å². The smallest absolute Gasteiger partial charge is 0.350 e. The summed E-state index contributed by atoms with van der Waals surface area (Å²) in [6, 6.07) is 4.06. The topological polar surface area (TPSA) is 104 Å². The average Bonchev–Trinajstić information content (AvgIpc) is 3.26. The predicted octanol–water partition coefficient (Wildman–Crippen LogP) is 5.06. The second-order valence-electron chi connectivity index (χ2n) is 9.13. The molecule has 0 saturated carbocycles. The number of alkyl halides is 6. The number of benzene rings is 1. The first-order valence-electron chi connectivity index (χ1n) is 11.6. The van der Waals surface area contributed by atoms with Crippen molar-refractivity contribution in [2.45, 2.75) is 30.2 Å². The predicted molar refractivity (Wildman–Crippen MR) is 135 cm³/mol. The van der Waals surface area contributed by atoms with Crippen molar-refractivity contribution in [1.82, 2.24) is 20.2 Å². The molecule has 0 radical (unpaired) electrons. The van der Waals surface area contributed by atoms with Crippen LogP contribution >= 0.6 is 22.9 Å². The Kier molecular flexibility index (Phi) is 7.25. The zero-order valence-electron chi connectivity index (χ0n) is 20.1. The van der Waals surface area contributed by atoms with Gasteiger partial charge in [-0.3, -0.25) is 9.69 Å². The van der Waals surface area contributed by atoms with Crippen LogP contribution in [0.3, 0.4) is 0 Å². The van der Waals surface area contributed by atoms with E-state index in [0.29, 0.717) is 28.7 Å². The molecule has 2 aromatic heterocycles. The fourth-order valence-corrected chi connectivity index (χ4v) is 7.50. The average molecular weight is 626 g/mol. The summed E-state index contributed by atoms with van der Waals surface area (Å²) in [5.74, 6) is -1.42. The van der Waals surface area contributed by atoms with Gasteiger partial charge in [-0.05, 0) is 35.7 Å². The third-order valence-corrected chi connectivity index (χ3v) is 9.57. The highest BCUT2D eigenvalue weighted by molar-refractivity contribution is 7.91. The molecule has 40 heavy (non-hydrogen) atoms. The number of thiophene rings is 1. The highest BCUT2D eigenvalue weighted by Crippen LogP contribution is 2.42. The molecule has 2 aliphatic heterocycles. The molecule has 4 heterocycles. The molecule has 2 aliphatic rings. The maximum atomic E-state index is 13.9. The molecule has 1 aromatic carbocycles. The minimum atomic E-state index is -4.90. The number of sulfone groups is 1. The van der Waals surface area contributed by atoms with Crippen LogP contribution in [0.4, 0.5) is 38.0 Å². The number of hydrogen-bond acceptors (Lipinski definition) is 8. The van der Waals surface area contributed by atoms with Gasteiger partial charge in [-0.25, -0.2) is 18.4 Å². The number of amides is 1.